The van der Waals surface area contributed by atoms with Gasteiger partial charge in [-0.15, -0.1) is 0 Å². The summed E-state index contributed by atoms with van der Waals surface area (Å²) in [5, 5.41) is 8.45. The molecule has 0 aliphatic rings. The van der Waals surface area contributed by atoms with E-state index in [4.69, 9.17) is 5.11 Å². The van der Waals surface area contributed by atoms with Crippen molar-refractivity contribution in [1.29, 1.82) is 0 Å². The lowest BCUT2D eigenvalue weighted by atomic mass is 10.2. The van der Waals surface area contributed by atoms with Gasteiger partial charge in [-0.1, -0.05) is 6.08 Å². The second kappa shape index (κ2) is 5.35. The maximum absolute atomic E-state index is 10.3. The second-order valence-electron chi connectivity index (χ2n) is 2.57. The highest BCUT2D eigenvalue weighted by atomic mass is 16.4. The first-order chi connectivity index (χ1) is 5.57. The Morgan fingerprint density at radius 2 is 2.17 bits per heavy atom. The van der Waals surface area contributed by atoms with Gasteiger partial charge in [0.05, 0.1) is 0 Å². The minimum absolute atomic E-state index is 0.314. The molecule has 0 unspecified atom stereocenters. The number of rotatable bonds is 5. The molecular formula is C8H13NO3. The summed E-state index contributed by atoms with van der Waals surface area (Å²) in [6, 6.07) is 0. The second-order valence-corrected chi connectivity index (χ2v) is 2.57. The van der Waals surface area contributed by atoms with Gasteiger partial charge >= 0.3 is 5.97 Å². The topological polar surface area (TPSA) is 57.6 Å². The highest BCUT2D eigenvalue weighted by molar-refractivity contribution is 5.85. The molecule has 0 radical (unpaired) electrons. The molecule has 0 saturated heterocycles. The van der Waals surface area contributed by atoms with Crippen molar-refractivity contribution in [1.82, 2.24) is 4.90 Å². The minimum atomic E-state index is -0.913. The van der Waals surface area contributed by atoms with Crippen molar-refractivity contribution in [3.8, 4) is 0 Å². The van der Waals surface area contributed by atoms with Crippen molar-refractivity contribution in [3.05, 3.63) is 11.6 Å². The van der Waals surface area contributed by atoms with Crippen molar-refractivity contribution in [2.75, 3.05) is 13.6 Å². The van der Waals surface area contributed by atoms with E-state index in [1.54, 1.807) is 13.1 Å². The Morgan fingerprint density at radius 1 is 1.58 bits per heavy atom. The number of hydrogen-bond donors (Lipinski definition) is 1. The average molecular weight is 171 g/mol. The normalized spacial score (nSPS) is 11.0. The molecule has 0 aliphatic heterocycles. The van der Waals surface area contributed by atoms with Crippen LogP contribution in [0.25, 0.3) is 0 Å². The molecule has 0 saturated carbocycles. The van der Waals surface area contributed by atoms with Crippen LogP contribution < -0.4 is 0 Å². The van der Waals surface area contributed by atoms with Crippen LogP contribution in [0.4, 0.5) is 0 Å². The van der Waals surface area contributed by atoms with E-state index in [0.29, 0.717) is 24.9 Å². The summed E-state index contributed by atoms with van der Waals surface area (Å²) < 4.78 is 0. The van der Waals surface area contributed by atoms with Crippen molar-refractivity contribution < 1.29 is 14.7 Å². The third kappa shape index (κ3) is 4.49. The predicted octanol–water partition coefficient (Wildman–Crippen LogP) is 0.496. The largest absolute Gasteiger partial charge is 0.478 e. The van der Waals surface area contributed by atoms with Gasteiger partial charge in [-0.3, -0.25) is 4.79 Å². The van der Waals surface area contributed by atoms with Gasteiger partial charge < -0.3 is 10.0 Å². The molecule has 0 atom stereocenters. The van der Waals surface area contributed by atoms with E-state index >= 15 is 0 Å². The molecule has 68 valence electrons. The zero-order valence-electron chi connectivity index (χ0n) is 7.28. The summed E-state index contributed by atoms with van der Waals surface area (Å²) in [6.07, 6.45) is 2.89. The van der Waals surface area contributed by atoms with Crippen molar-refractivity contribution in [3.63, 3.8) is 0 Å². The number of carbonyl (C=O) groups is 2. The SMILES string of the molecule is CC(=CCCN(C)C=O)C(=O)O. The van der Waals surface area contributed by atoms with Gasteiger partial charge in [0.25, 0.3) is 0 Å². The summed E-state index contributed by atoms with van der Waals surface area (Å²) in [5.41, 5.74) is 0.314. The van der Waals surface area contributed by atoms with E-state index in [-0.39, 0.29) is 0 Å². The molecule has 0 fully saturated rings. The molecular weight excluding hydrogens is 158 g/mol. The van der Waals surface area contributed by atoms with Gasteiger partial charge in [0.1, 0.15) is 0 Å². The Morgan fingerprint density at radius 3 is 2.58 bits per heavy atom. The third-order valence-corrected chi connectivity index (χ3v) is 1.45. The Balaban J connectivity index is 3.74. The summed E-state index contributed by atoms with van der Waals surface area (Å²) in [7, 11) is 1.65. The molecule has 4 heteroatoms. The van der Waals surface area contributed by atoms with Gasteiger partial charge in [0.2, 0.25) is 6.41 Å². The van der Waals surface area contributed by atoms with Crippen LogP contribution in [-0.2, 0) is 9.59 Å². The van der Waals surface area contributed by atoms with Crippen molar-refractivity contribution >= 4 is 12.4 Å². The van der Waals surface area contributed by atoms with Crippen molar-refractivity contribution in [2.24, 2.45) is 0 Å². The summed E-state index contributed by atoms with van der Waals surface area (Å²) >= 11 is 0. The molecule has 0 heterocycles. The number of aliphatic carboxylic acids is 1. The van der Waals surface area contributed by atoms with Crippen LogP contribution in [0.5, 0.6) is 0 Å². The molecule has 0 spiro atoms. The van der Waals surface area contributed by atoms with E-state index in [9.17, 15) is 9.59 Å². The van der Waals surface area contributed by atoms with Crippen LogP contribution in [0.3, 0.4) is 0 Å². The number of amides is 1. The number of nitrogens with zero attached hydrogens (tertiary/aromatic N) is 1. The summed E-state index contributed by atoms with van der Waals surface area (Å²) in [6.45, 7) is 2.08. The van der Waals surface area contributed by atoms with Crippen LogP contribution >= 0.6 is 0 Å². The highest BCUT2D eigenvalue weighted by Crippen LogP contribution is 1.95. The fourth-order valence-electron chi connectivity index (χ4n) is 0.625. The first-order valence-corrected chi connectivity index (χ1v) is 3.63. The molecule has 0 rings (SSSR count). The third-order valence-electron chi connectivity index (χ3n) is 1.45. The number of carboxylic acid groups (broad SMARTS) is 1. The smallest absolute Gasteiger partial charge is 0.330 e. The van der Waals surface area contributed by atoms with Crippen LogP contribution in [0, 0.1) is 0 Å². The zero-order chi connectivity index (χ0) is 9.56. The maximum atomic E-state index is 10.3. The van der Waals surface area contributed by atoms with Crippen LogP contribution in [0.2, 0.25) is 0 Å². The van der Waals surface area contributed by atoms with E-state index in [2.05, 4.69) is 0 Å². The number of carboxylic acids is 1. The first-order valence-electron chi connectivity index (χ1n) is 3.63. The predicted molar refractivity (Wildman–Crippen MR) is 44.7 cm³/mol. The molecule has 12 heavy (non-hydrogen) atoms. The zero-order valence-corrected chi connectivity index (χ0v) is 7.28. The number of hydrogen-bond acceptors (Lipinski definition) is 2. The average Bonchev–Trinajstić information content (AvgIpc) is 2.03. The number of carbonyl (C=O) groups excluding carboxylic acids is 1. The quantitative estimate of drug-likeness (QED) is 0.484. The Hall–Kier alpha value is -1.32. The van der Waals surface area contributed by atoms with E-state index in [1.807, 2.05) is 0 Å². The lowest BCUT2D eigenvalue weighted by Crippen LogP contribution is -2.16. The monoisotopic (exact) mass is 171 g/mol. The Bertz CT molecular complexity index is 198. The van der Waals surface area contributed by atoms with Crippen LogP contribution in [0.1, 0.15) is 13.3 Å². The van der Waals surface area contributed by atoms with Crippen LogP contribution in [0.15, 0.2) is 11.6 Å². The molecule has 0 bridgehead atoms. The summed E-state index contributed by atoms with van der Waals surface area (Å²) in [4.78, 5) is 21.9. The molecule has 0 aromatic carbocycles. The maximum Gasteiger partial charge on any atom is 0.330 e. The molecule has 0 aromatic heterocycles. The van der Waals surface area contributed by atoms with Gasteiger partial charge in [0.15, 0.2) is 0 Å². The first kappa shape index (κ1) is 10.7. The Labute approximate surface area is 71.5 Å². The van der Waals surface area contributed by atoms with Gasteiger partial charge in [-0.25, -0.2) is 4.79 Å². The molecule has 4 nitrogen and oxygen atoms in total. The lowest BCUT2D eigenvalue weighted by molar-refractivity contribution is -0.132. The van der Waals surface area contributed by atoms with E-state index in [0.717, 1.165) is 0 Å². The van der Waals surface area contributed by atoms with Gasteiger partial charge in [0, 0.05) is 19.2 Å². The molecule has 1 N–H and O–H groups in total. The highest BCUT2D eigenvalue weighted by Gasteiger charge is 1.98. The lowest BCUT2D eigenvalue weighted by Gasteiger charge is -2.07. The fraction of sp³-hybridized carbons (Fsp3) is 0.500. The van der Waals surface area contributed by atoms with E-state index in [1.165, 1.54) is 11.8 Å². The molecule has 1 amide bonds. The fourth-order valence-corrected chi connectivity index (χ4v) is 0.625. The molecule has 0 aromatic rings. The van der Waals surface area contributed by atoms with E-state index < -0.39 is 5.97 Å². The van der Waals surface area contributed by atoms with Crippen LogP contribution in [-0.4, -0.2) is 36.0 Å². The minimum Gasteiger partial charge on any atom is -0.478 e. The summed E-state index contributed by atoms with van der Waals surface area (Å²) in [5.74, 6) is -0.913. The van der Waals surface area contributed by atoms with Gasteiger partial charge in [-0.2, -0.15) is 0 Å². The molecule has 0 aliphatic carbocycles. The van der Waals surface area contributed by atoms with Crippen molar-refractivity contribution in [2.45, 2.75) is 13.3 Å². The standard InChI is InChI=1S/C8H13NO3/c1-7(8(11)12)4-3-5-9(2)6-10/h4,6H,3,5H2,1-2H3,(H,11,12). The van der Waals surface area contributed by atoms with Gasteiger partial charge in [-0.05, 0) is 13.3 Å². The Kier molecular flexibility index (Phi) is 4.76.